The van der Waals surface area contributed by atoms with Crippen LogP contribution >= 0.6 is 0 Å². The smallest absolute Gasteiger partial charge is 0.434 e. The molecule has 1 fully saturated rings. The molecule has 1 unspecified atom stereocenters. The maximum Gasteiger partial charge on any atom is 0.434 e. The van der Waals surface area contributed by atoms with Crippen molar-refractivity contribution in [2.45, 2.75) is 32.4 Å². The Morgan fingerprint density at radius 2 is 1.79 bits per heavy atom. The van der Waals surface area contributed by atoms with Crippen LogP contribution < -0.4 is 0 Å². The van der Waals surface area contributed by atoms with Crippen molar-refractivity contribution >= 4 is 23.6 Å². The topological polar surface area (TPSA) is 85.3 Å². The molecule has 0 aliphatic carbocycles. The summed E-state index contributed by atoms with van der Waals surface area (Å²) in [6.07, 6.45) is -0.760. The number of rotatable bonds is 1. The minimum Gasteiger partial charge on any atom is -0.442 e. The zero-order valence-corrected chi connectivity index (χ0v) is 13.7. The maximum atomic E-state index is 12.5. The Morgan fingerprint density at radius 3 is 2.33 bits per heavy atom. The average Bonchev–Trinajstić information content (AvgIpc) is 3.01. The molecule has 1 saturated heterocycles. The number of ether oxygens (including phenoxy) is 2. The molecule has 0 bridgehead atoms. The Hall–Kier alpha value is -2.54. The van der Waals surface area contributed by atoms with Crippen molar-refractivity contribution < 1.29 is 23.9 Å². The molecule has 0 radical (unpaired) electrons. The number of aliphatic imine (C=N–C) groups is 1. The number of hydrogen-bond acceptors (Lipinski definition) is 5. The molecule has 0 aromatic heterocycles. The molecule has 126 valence electrons. The third-order valence-corrected chi connectivity index (χ3v) is 3.68. The number of carbonyl (C=O) groups is 3. The van der Waals surface area contributed by atoms with E-state index in [1.807, 2.05) is 0 Å². The highest BCUT2D eigenvalue weighted by molar-refractivity contribution is 6.23. The van der Waals surface area contributed by atoms with Crippen molar-refractivity contribution in [1.82, 2.24) is 4.90 Å². The largest absolute Gasteiger partial charge is 0.442 e. The summed E-state index contributed by atoms with van der Waals surface area (Å²) in [5.41, 5.74) is 0.349. The molecule has 1 aromatic carbocycles. The summed E-state index contributed by atoms with van der Waals surface area (Å²) in [6.45, 7) is 5.40. The molecule has 0 N–H and O–H groups in total. The van der Waals surface area contributed by atoms with Crippen molar-refractivity contribution in [3.8, 4) is 0 Å². The second-order valence-corrected chi connectivity index (χ2v) is 6.64. The van der Waals surface area contributed by atoms with Crippen LogP contribution in [0.4, 0.5) is 4.79 Å². The van der Waals surface area contributed by atoms with Crippen LogP contribution in [0.15, 0.2) is 29.3 Å². The normalized spacial score (nSPS) is 22.2. The first kappa shape index (κ1) is 16.3. The summed E-state index contributed by atoms with van der Waals surface area (Å²) >= 11 is 0. The van der Waals surface area contributed by atoms with Crippen LogP contribution in [0.25, 0.3) is 0 Å². The number of carbonyl (C=O) groups excluding carboxylic acids is 3. The van der Waals surface area contributed by atoms with E-state index in [0.29, 0.717) is 16.8 Å². The van der Waals surface area contributed by atoms with E-state index in [-0.39, 0.29) is 13.2 Å². The molecular weight excluding hydrogens is 312 g/mol. The summed E-state index contributed by atoms with van der Waals surface area (Å²) in [5.74, 6) is -0.800. The van der Waals surface area contributed by atoms with E-state index in [9.17, 15) is 14.4 Å². The van der Waals surface area contributed by atoms with Gasteiger partial charge in [0, 0.05) is 0 Å². The average molecular weight is 330 g/mol. The molecule has 3 amide bonds. The highest BCUT2D eigenvalue weighted by Gasteiger charge is 2.44. The lowest BCUT2D eigenvalue weighted by atomic mass is 10.1. The Morgan fingerprint density at radius 1 is 1.21 bits per heavy atom. The van der Waals surface area contributed by atoms with E-state index in [1.165, 1.54) is 0 Å². The van der Waals surface area contributed by atoms with Gasteiger partial charge in [-0.05, 0) is 32.9 Å². The van der Waals surface area contributed by atoms with Crippen LogP contribution in [0.5, 0.6) is 0 Å². The Balaban J connectivity index is 1.86. The molecule has 2 heterocycles. The summed E-state index contributed by atoms with van der Waals surface area (Å²) in [5, 5.41) is 0. The lowest BCUT2D eigenvalue weighted by Gasteiger charge is -2.21. The minimum absolute atomic E-state index is 0.0807. The van der Waals surface area contributed by atoms with Crippen LogP contribution in [0.2, 0.25) is 0 Å². The van der Waals surface area contributed by atoms with Crippen molar-refractivity contribution in [3.05, 3.63) is 35.4 Å². The summed E-state index contributed by atoms with van der Waals surface area (Å²) in [4.78, 5) is 42.0. The van der Waals surface area contributed by atoms with Crippen LogP contribution in [0.1, 0.15) is 41.5 Å². The van der Waals surface area contributed by atoms with E-state index in [2.05, 4.69) is 4.99 Å². The highest BCUT2D eigenvalue weighted by atomic mass is 16.6. The summed E-state index contributed by atoms with van der Waals surface area (Å²) in [7, 11) is 0. The van der Waals surface area contributed by atoms with E-state index in [0.717, 1.165) is 4.90 Å². The molecule has 0 saturated carbocycles. The lowest BCUT2D eigenvalue weighted by Crippen LogP contribution is -2.44. The van der Waals surface area contributed by atoms with Crippen molar-refractivity contribution in [1.29, 1.82) is 0 Å². The third-order valence-electron chi connectivity index (χ3n) is 3.68. The van der Waals surface area contributed by atoms with Gasteiger partial charge in [0.15, 0.2) is 0 Å². The van der Waals surface area contributed by atoms with Gasteiger partial charge in [-0.2, -0.15) is 4.99 Å². The minimum atomic E-state index is -0.760. The van der Waals surface area contributed by atoms with Gasteiger partial charge in [0.25, 0.3) is 11.8 Å². The summed E-state index contributed by atoms with van der Waals surface area (Å²) < 4.78 is 10.5. The quantitative estimate of drug-likeness (QED) is 0.736. The Kier molecular flexibility index (Phi) is 3.96. The molecule has 7 nitrogen and oxygen atoms in total. The molecule has 24 heavy (non-hydrogen) atoms. The fraction of sp³-hybridized carbons (Fsp3) is 0.412. The third kappa shape index (κ3) is 2.94. The molecule has 3 rings (SSSR count). The monoisotopic (exact) mass is 330 g/mol. The summed E-state index contributed by atoms with van der Waals surface area (Å²) in [6, 6.07) is 5.93. The molecule has 2 aliphatic rings. The van der Waals surface area contributed by atoms with Gasteiger partial charge < -0.3 is 9.47 Å². The first-order valence-corrected chi connectivity index (χ1v) is 7.63. The number of hydrogen-bond donors (Lipinski definition) is 0. The van der Waals surface area contributed by atoms with Gasteiger partial charge >= 0.3 is 6.09 Å². The zero-order chi connectivity index (χ0) is 17.5. The number of nitrogens with zero attached hydrogens (tertiary/aromatic N) is 2. The van der Waals surface area contributed by atoms with Gasteiger partial charge in [0.2, 0.25) is 0 Å². The van der Waals surface area contributed by atoms with E-state index in [1.54, 1.807) is 45.0 Å². The number of fused-ring (bicyclic) bond motifs is 1. The first-order chi connectivity index (χ1) is 11.3. The van der Waals surface area contributed by atoms with Gasteiger partial charge in [0.05, 0.1) is 30.1 Å². The Bertz CT molecular complexity index is 713. The molecule has 1 atom stereocenters. The van der Waals surface area contributed by atoms with Gasteiger partial charge in [-0.1, -0.05) is 12.1 Å². The first-order valence-electron chi connectivity index (χ1n) is 7.63. The molecule has 1 aromatic rings. The lowest BCUT2D eigenvalue weighted by molar-refractivity contribution is 0.0569. The second kappa shape index (κ2) is 5.83. The molecular formula is C17H18N2O5. The SMILES string of the molecule is CC(C)(C)OC(=O)N=C1COCC1N1C(=O)c2ccccc2C1=O. The van der Waals surface area contributed by atoms with E-state index >= 15 is 0 Å². The van der Waals surface area contributed by atoms with Crippen LogP contribution in [-0.2, 0) is 9.47 Å². The van der Waals surface area contributed by atoms with Gasteiger partial charge in [-0.25, -0.2) is 4.79 Å². The zero-order valence-electron chi connectivity index (χ0n) is 13.7. The fourth-order valence-electron chi connectivity index (χ4n) is 2.69. The van der Waals surface area contributed by atoms with Crippen molar-refractivity contribution in [2.75, 3.05) is 13.2 Å². The standard InChI is InChI=1S/C17H18N2O5/c1-17(2,3)24-16(22)18-12-8-23-9-13(12)19-14(20)10-6-4-5-7-11(10)15(19)21/h4-7,13H,8-9H2,1-3H3. The van der Waals surface area contributed by atoms with E-state index < -0.39 is 29.6 Å². The molecule has 2 aliphatic heterocycles. The number of amides is 3. The van der Waals surface area contributed by atoms with Crippen LogP contribution in [-0.4, -0.2) is 53.4 Å². The Labute approximate surface area is 139 Å². The molecule has 0 spiro atoms. The fourth-order valence-corrected chi connectivity index (χ4v) is 2.69. The highest BCUT2D eigenvalue weighted by Crippen LogP contribution is 2.26. The van der Waals surface area contributed by atoms with Crippen LogP contribution in [0, 0.1) is 0 Å². The predicted molar refractivity (Wildman–Crippen MR) is 85.2 cm³/mol. The predicted octanol–water partition coefficient (Wildman–Crippen LogP) is 2.06. The van der Waals surface area contributed by atoms with Crippen molar-refractivity contribution in [2.24, 2.45) is 4.99 Å². The van der Waals surface area contributed by atoms with Gasteiger partial charge in [-0.3, -0.25) is 14.5 Å². The number of benzene rings is 1. The second-order valence-electron chi connectivity index (χ2n) is 6.64. The number of imide groups is 1. The molecule has 7 heteroatoms. The van der Waals surface area contributed by atoms with Gasteiger partial charge in [-0.15, -0.1) is 0 Å². The van der Waals surface area contributed by atoms with Crippen molar-refractivity contribution in [3.63, 3.8) is 0 Å². The van der Waals surface area contributed by atoms with E-state index in [4.69, 9.17) is 9.47 Å². The maximum absolute atomic E-state index is 12.5. The van der Waals surface area contributed by atoms with Crippen LogP contribution in [0.3, 0.4) is 0 Å². The van der Waals surface area contributed by atoms with Gasteiger partial charge in [0.1, 0.15) is 11.6 Å².